The first-order valence-corrected chi connectivity index (χ1v) is 9.31. The van der Waals surface area contributed by atoms with Crippen molar-refractivity contribution in [3.05, 3.63) is 0 Å². The number of halogens is 1. The molecule has 0 aromatic rings. The topological polar surface area (TPSA) is 77.4 Å². The fourth-order valence-corrected chi connectivity index (χ4v) is 2.57. The van der Waals surface area contributed by atoms with Crippen LogP contribution in [0.25, 0.3) is 0 Å². The van der Waals surface area contributed by atoms with Gasteiger partial charge in [0, 0.05) is 39.3 Å². The Balaban J connectivity index is 0.00000625. The van der Waals surface area contributed by atoms with Crippen LogP contribution in [-0.2, 0) is 4.74 Å². The van der Waals surface area contributed by atoms with Gasteiger partial charge in [-0.1, -0.05) is 0 Å². The number of aliphatic imine (C=N–C) groups is 1. The Kier molecular flexibility index (Phi) is 11.5. The predicted octanol–water partition coefficient (Wildman–Crippen LogP) is 2.67. The molecule has 1 fully saturated rings. The highest BCUT2D eigenvalue weighted by Crippen LogP contribution is 2.13. The van der Waals surface area contributed by atoms with Crippen LogP contribution < -0.4 is 5.32 Å². The van der Waals surface area contributed by atoms with E-state index >= 15 is 0 Å². The van der Waals surface area contributed by atoms with E-state index in [0.29, 0.717) is 6.54 Å². The summed E-state index contributed by atoms with van der Waals surface area (Å²) < 4.78 is 5.40. The molecule has 7 nitrogen and oxygen atoms in total. The number of carbonyl (C=O) groups is 1. The van der Waals surface area contributed by atoms with E-state index in [0.717, 1.165) is 44.9 Å². The molecule has 154 valence electrons. The van der Waals surface area contributed by atoms with Crippen molar-refractivity contribution in [1.82, 2.24) is 15.1 Å². The summed E-state index contributed by atoms with van der Waals surface area (Å²) in [5, 5.41) is 13.0. The van der Waals surface area contributed by atoms with E-state index in [1.165, 1.54) is 0 Å². The van der Waals surface area contributed by atoms with Gasteiger partial charge in [0.15, 0.2) is 5.96 Å². The predicted molar refractivity (Wildman–Crippen MR) is 116 cm³/mol. The maximum absolute atomic E-state index is 12.1. The fourth-order valence-electron chi connectivity index (χ4n) is 2.57. The molecule has 1 unspecified atom stereocenters. The minimum absolute atomic E-state index is 0. The third-order valence-corrected chi connectivity index (χ3v) is 4.25. The van der Waals surface area contributed by atoms with Gasteiger partial charge in [-0.25, -0.2) is 4.79 Å². The first-order valence-electron chi connectivity index (χ1n) is 9.31. The number of rotatable bonds is 5. The molecule has 0 spiro atoms. The molecule has 26 heavy (non-hydrogen) atoms. The number of hydrogen-bond acceptors (Lipinski definition) is 4. The van der Waals surface area contributed by atoms with Crippen LogP contribution in [-0.4, -0.2) is 77.9 Å². The van der Waals surface area contributed by atoms with Gasteiger partial charge < -0.3 is 25.0 Å². The lowest BCUT2D eigenvalue weighted by atomic mass is 10.1. The number of aliphatic hydroxyl groups is 1. The summed E-state index contributed by atoms with van der Waals surface area (Å²) in [5.41, 5.74) is -0.486. The number of guanidine groups is 1. The van der Waals surface area contributed by atoms with Crippen molar-refractivity contribution in [2.45, 2.75) is 71.6 Å². The molecule has 1 amide bonds. The van der Waals surface area contributed by atoms with Crippen LogP contribution in [0.2, 0.25) is 0 Å². The molecule has 0 radical (unpaired) electrons. The zero-order valence-electron chi connectivity index (χ0n) is 17.1. The average molecular weight is 484 g/mol. The maximum atomic E-state index is 12.1. The third kappa shape index (κ3) is 9.25. The van der Waals surface area contributed by atoms with Crippen molar-refractivity contribution in [3.8, 4) is 0 Å². The zero-order valence-corrected chi connectivity index (χ0v) is 19.4. The lowest BCUT2D eigenvalue weighted by molar-refractivity contribution is 0.0231. The number of hydrogen-bond donors (Lipinski definition) is 2. The molecule has 1 rings (SSSR count). The molecule has 8 heteroatoms. The van der Waals surface area contributed by atoms with Gasteiger partial charge in [-0.3, -0.25) is 4.99 Å². The standard InChI is InChI=1S/C18H36N4O3.HI/c1-7-19-16(22-12-9-15(23)10-13-22)20-11-8-14(2)21(6)17(24)25-18(3,4)5;/h14-15,23H,7-13H2,1-6H3,(H,19,20);1H. The molecule has 1 saturated heterocycles. The lowest BCUT2D eigenvalue weighted by Gasteiger charge is -2.32. The molecule has 2 N–H and O–H groups in total. The Morgan fingerprint density at radius 2 is 1.96 bits per heavy atom. The summed E-state index contributed by atoms with van der Waals surface area (Å²) in [6.45, 7) is 12.7. The summed E-state index contributed by atoms with van der Waals surface area (Å²) in [5.74, 6) is 0.890. The Morgan fingerprint density at radius 1 is 1.38 bits per heavy atom. The van der Waals surface area contributed by atoms with Crippen molar-refractivity contribution < 1.29 is 14.6 Å². The number of ether oxygens (including phenoxy) is 1. The smallest absolute Gasteiger partial charge is 0.410 e. The highest BCUT2D eigenvalue weighted by Gasteiger charge is 2.23. The first-order chi connectivity index (χ1) is 11.6. The van der Waals surface area contributed by atoms with Gasteiger partial charge in [0.05, 0.1) is 6.10 Å². The summed E-state index contributed by atoms with van der Waals surface area (Å²) in [7, 11) is 1.76. The molecule has 0 bridgehead atoms. The van der Waals surface area contributed by atoms with Gasteiger partial charge in [0.2, 0.25) is 0 Å². The lowest BCUT2D eigenvalue weighted by Crippen LogP contribution is -2.46. The van der Waals surface area contributed by atoms with E-state index < -0.39 is 5.60 Å². The van der Waals surface area contributed by atoms with Gasteiger partial charge in [0.1, 0.15) is 5.60 Å². The second-order valence-corrected chi connectivity index (χ2v) is 7.68. The Labute approximate surface area is 175 Å². The summed E-state index contributed by atoms with van der Waals surface area (Å²) in [4.78, 5) is 20.6. The number of aliphatic hydroxyl groups excluding tert-OH is 1. The van der Waals surface area contributed by atoms with E-state index in [-0.39, 0.29) is 42.2 Å². The summed E-state index contributed by atoms with van der Waals surface area (Å²) in [6, 6.07) is 0.0460. The van der Waals surface area contributed by atoms with Crippen molar-refractivity contribution >= 4 is 36.0 Å². The molecular weight excluding hydrogens is 447 g/mol. The quantitative estimate of drug-likeness (QED) is 0.357. The third-order valence-electron chi connectivity index (χ3n) is 4.25. The molecule has 0 aromatic carbocycles. The molecule has 0 saturated carbocycles. The summed E-state index contributed by atoms with van der Waals surface area (Å²) >= 11 is 0. The number of nitrogens with zero attached hydrogens (tertiary/aromatic N) is 3. The van der Waals surface area contributed by atoms with Crippen LogP contribution in [0.4, 0.5) is 4.79 Å². The number of carbonyl (C=O) groups excluding carboxylic acids is 1. The summed E-state index contributed by atoms with van der Waals surface area (Å²) in [6.07, 6.45) is 1.83. The van der Waals surface area contributed by atoms with Gasteiger partial charge in [-0.2, -0.15) is 0 Å². The highest BCUT2D eigenvalue weighted by atomic mass is 127. The SMILES string of the molecule is CCNC(=NCCC(C)N(C)C(=O)OC(C)(C)C)N1CCC(O)CC1.I. The fraction of sp³-hybridized carbons (Fsp3) is 0.889. The maximum Gasteiger partial charge on any atom is 0.410 e. The largest absolute Gasteiger partial charge is 0.444 e. The van der Waals surface area contributed by atoms with Crippen LogP contribution in [0.3, 0.4) is 0 Å². The molecular formula is C18H37IN4O3. The van der Waals surface area contributed by atoms with Gasteiger partial charge in [-0.15, -0.1) is 24.0 Å². The van der Waals surface area contributed by atoms with Crippen LogP contribution in [0, 0.1) is 0 Å². The van der Waals surface area contributed by atoms with Gasteiger partial charge >= 0.3 is 6.09 Å². The monoisotopic (exact) mass is 484 g/mol. The first kappa shape index (κ1) is 25.2. The molecule has 1 atom stereocenters. The van der Waals surface area contributed by atoms with E-state index in [2.05, 4.69) is 15.2 Å². The number of likely N-dealkylation sites (tertiary alicyclic amines) is 1. The average Bonchev–Trinajstić information content (AvgIpc) is 2.52. The molecule has 0 aliphatic carbocycles. The van der Waals surface area contributed by atoms with Gasteiger partial charge in [-0.05, 0) is 53.9 Å². The van der Waals surface area contributed by atoms with Crippen molar-refractivity contribution in [2.24, 2.45) is 4.99 Å². The van der Waals surface area contributed by atoms with Crippen molar-refractivity contribution in [3.63, 3.8) is 0 Å². The Bertz CT molecular complexity index is 446. The Hall–Kier alpha value is -0.770. The van der Waals surface area contributed by atoms with E-state index in [1.54, 1.807) is 11.9 Å². The molecule has 1 aliphatic rings. The van der Waals surface area contributed by atoms with E-state index in [1.807, 2.05) is 34.6 Å². The Morgan fingerprint density at radius 3 is 2.46 bits per heavy atom. The van der Waals surface area contributed by atoms with E-state index in [4.69, 9.17) is 4.74 Å². The van der Waals surface area contributed by atoms with Gasteiger partial charge in [0.25, 0.3) is 0 Å². The molecule has 0 aromatic heterocycles. The number of piperidine rings is 1. The highest BCUT2D eigenvalue weighted by molar-refractivity contribution is 14.0. The normalized spacial score (nSPS) is 17.3. The zero-order chi connectivity index (χ0) is 19.0. The van der Waals surface area contributed by atoms with Crippen LogP contribution in [0.5, 0.6) is 0 Å². The molecule has 1 aliphatic heterocycles. The van der Waals surface area contributed by atoms with Crippen molar-refractivity contribution in [2.75, 3.05) is 33.2 Å². The minimum Gasteiger partial charge on any atom is -0.444 e. The van der Waals surface area contributed by atoms with Crippen molar-refractivity contribution in [1.29, 1.82) is 0 Å². The minimum atomic E-state index is -0.486. The van der Waals surface area contributed by atoms with Crippen LogP contribution in [0.1, 0.15) is 53.9 Å². The second kappa shape index (κ2) is 11.8. The van der Waals surface area contributed by atoms with E-state index in [9.17, 15) is 9.90 Å². The van der Waals surface area contributed by atoms with Crippen LogP contribution >= 0.6 is 24.0 Å². The number of nitrogens with one attached hydrogen (secondary N) is 1. The van der Waals surface area contributed by atoms with Crippen LogP contribution in [0.15, 0.2) is 4.99 Å². The number of amides is 1. The second-order valence-electron chi connectivity index (χ2n) is 7.68. The molecule has 1 heterocycles.